The standard InChI is InChI=1S/C12H11ClN2OS/c13-6-5-11-14-15-12(17-11)10-7-8-3-1-2-4-9(8)16-10/h1-4,10H,5-7H2. The lowest BCUT2D eigenvalue weighted by atomic mass is 10.1. The summed E-state index contributed by atoms with van der Waals surface area (Å²) in [6, 6.07) is 8.11. The summed E-state index contributed by atoms with van der Waals surface area (Å²) >= 11 is 7.28. The van der Waals surface area contributed by atoms with Gasteiger partial charge in [0.2, 0.25) is 0 Å². The van der Waals surface area contributed by atoms with Crippen LogP contribution in [0.3, 0.4) is 0 Å². The average Bonchev–Trinajstić information content (AvgIpc) is 2.94. The molecule has 0 radical (unpaired) electrons. The van der Waals surface area contributed by atoms with E-state index in [2.05, 4.69) is 16.3 Å². The van der Waals surface area contributed by atoms with Crippen LogP contribution in [0.15, 0.2) is 24.3 Å². The maximum Gasteiger partial charge on any atom is 0.158 e. The molecule has 88 valence electrons. The number of ether oxygens (including phenoxy) is 1. The van der Waals surface area contributed by atoms with Crippen molar-refractivity contribution in [1.82, 2.24) is 10.2 Å². The zero-order valence-corrected chi connectivity index (χ0v) is 10.7. The molecule has 0 bridgehead atoms. The second-order valence-electron chi connectivity index (χ2n) is 3.89. The van der Waals surface area contributed by atoms with Gasteiger partial charge < -0.3 is 4.74 Å². The number of hydrogen-bond donors (Lipinski definition) is 0. The highest BCUT2D eigenvalue weighted by Crippen LogP contribution is 2.37. The Balaban J connectivity index is 1.79. The monoisotopic (exact) mass is 266 g/mol. The number of aryl methyl sites for hydroxylation is 1. The molecule has 0 amide bonds. The predicted molar refractivity (Wildman–Crippen MR) is 67.8 cm³/mol. The third-order valence-electron chi connectivity index (χ3n) is 2.71. The molecular formula is C12H11ClN2OS. The number of rotatable bonds is 3. The van der Waals surface area contributed by atoms with E-state index in [1.165, 1.54) is 5.56 Å². The fourth-order valence-electron chi connectivity index (χ4n) is 1.90. The number of hydrogen-bond acceptors (Lipinski definition) is 4. The van der Waals surface area contributed by atoms with E-state index in [1.54, 1.807) is 11.3 Å². The molecule has 0 saturated heterocycles. The maximum absolute atomic E-state index is 5.86. The van der Waals surface area contributed by atoms with Crippen LogP contribution in [0.5, 0.6) is 5.75 Å². The lowest BCUT2D eigenvalue weighted by Crippen LogP contribution is -2.02. The van der Waals surface area contributed by atoms with Crippen LogP contribution >= 0.6 is 22.9 Å². The summed E-state index contributed by atoms with van der Waals surface area (Å²) in [5, 5.41) is 10.2. The number of alkyl halides is 1. The van der Waals surface area contributed by atoms with E-state index in [9.17, 15) is 0 Å². The van der Waals surface area contributed by atoms with E-state index in [-0.39, 0.29) is 6.10 Å². The van der Waals surface area contributed by atoms with Crippen LogP contribution in [0.25, 0.3) is 0 Å². The van der Waals surface area contributed by atoms with Gasteiger partial charge in [0, 0.05) is 18.7 Å². The molecule has 1 unspecified atom stereocenters. The summed E-state index contributed by atoms with van der Waals surface area (Å²) in [5.41, 5.74) is 1.24. The van der Waals surface area contributed by atoms with Crippen LogP contribution in [-0.2, 0) is 12.8 Å². The van der Waals surface area contributed by atoms with Gasteiger partial charge in [0.25, 0.3) is 0 Å². The van der Waals surface area contributed by atoms with E-state index in [4.69, 9.17) is 16.3 Å². The topological polar surface area (TPSA) is 35.0 Å². The van der Waals surface area contributed by atoms with Crippen molar-refractivity contribution >= 4 is 22.9 Å². The Labute approximate surface area is 108 Å². The zero-order valence-electron chi connectivity index (χ0n) is 9.10. The Bertz CT molecular complexity index is 504. The molecule has 1 aliphatic heterocycles. The minimum atomic E-state index is 0.0222. The molecule has 5 heteroatoms. The van der Waals surface area contributed by atoms with E-state index in [1.807, 2.05) is 18.2 Å². The van der Waals surface area contributed by atoms with Crippen LogP contribution in [0.4, 0.5) is 0 Å². The van der Waals surface area contributed by atoms with Crippen LogP contribution in [0, 0.1) is 0 Å². The molecule has 3 rings (SSSR count). The Hall–Kier alpha value is -1.13. The Kier molecular flexibility index (Phi) is 2.99. The van der Waals surface area contributed by atoms with Crippen LogP contribution < -0.4 is 4.74 Å². The van der Waals surface area contributed by atoms with Gasteiger partial charge in [-0.05, 0) is 11.6 Å². The van der Waals surface area contributed by atoms with E-state index >= 15 is 0 Å². The summed E-state index contributed by atoms with van der Waals surface area (Å²) in [5.74, 6) is 1.55. The van der Waals surface area contributed by atoms with Crippen molar-refractivity contribution in [2.24, 2.45) is 0 Å². The summed E-state index contributed by atoms with van der Waals surface area (Å²) in [4.78, 5) is 0. The van der Waals surface area contributed by atoms with E-state index in [0.29, 0.717) is 5.88 Å². The second-order valence-corrected chi connectivity index (χ2v) is 5.36. The minimum Gasteiger partial charge on any atom is -0.483 e. The molecule has 1 atom stereocenters. The molecule has 2 heterocycles. The summed E-state index contributed by atoms with van der Waals surface area (Å²) in [6.07, 6.45) is 1.68. The number of aromatic nitrogens is 2. The molecule has 17 heavy (non-hydrogen) atoms. The van der Waals surface area contributed by atoms with Gasteiger partial charge in [0.1, 0.15) is 10.8 Å². The molecule has 0 saturated carbocycles. The number of nitrogens with zero attached hydrogens (tertiary/aromatic N) is 2. The highest BCUT2D eigenvalue weighted by molar-refractivity contribution is 7.11. The quantitative estimate of drug-likeness (QED) is 0.801. The van der Waals surface area contributed by atoms with Crippen LogP contribution in [-0.4, -0.2) is 16.1 Å². The zero-order chi connectivity index (χ0) is 11.7. The average molecular weight is 267 g/mol. The van der Waals surface area contributed by atoms with Crippen molar-refractivity contribution in [2.75, 3.05) is 5.88 Å². The summed E-state index contributed by atoms with van der Waals surface area (Å²) in [6.45, 7) is 0. The number of benzene rings is 1. The van der Waals surface area contributed by atoms with Gasteiger partial charge in [-0.3, -0.25) is 0 Å². The summed E-state index contributed by atoms with van der Waals surface area (Å²) in [7, 11) is 0. The molecule has 1 aromatic heterocycles. The molecular weight excluding hydrogens is 256 g/mol. The highest BCUT2D eigenvalue weighted by atomic mass is 35.5. The Morgan fingerprint density at radius 3 is 3.06 bits per heavy atom. The first kappa shape index (κ1) is 11.0. The lowest BCUT2D eigenvalue weighted by Gasteiger charge is -2.05. The van der Waals surface area contributed by atoms with Crippen molar-refractivity contribution in [3.63, 3.8) is 0 Å². The normalized spacial score (nSPS) is 17.8. The van der Waals surface area contributed by atoms with Crippen molar-refractivity contribution in [1.29, 1.82) is 0 Å². The Morgan fingerprint density at radius 2 is 2.24 bits per heavy atom. The lowest BCUT2D eigenvalue weighted by molar-refractivity contribution is 0.237. The second kappa shape index (κ2) is 4.63. The largest absolute Gasteiger partial charge is 0.483 e. The third kappa shape index (κ3) is 2.15. The van der Waals surface area contributed by atoms with Gasteiger partial charge in [0.15, 0.2) is 11.1 Å². The molecule has 0 N–H and O–H groups in total. The molecule has 2 aromatic rings. The van der Waals surface area contributed by atoms with Crippen molar-refractivity contribution in [2.45, 2.75) is 18.9 Å². The molecule has 0 fully saturated rings. The smallest absolute Gasteiger partial charge is 0.158 e. The van der Waals surface area contributed by atoms with Gasteiger partial charge in [-0.2, -0.15) is 0 Å². The Morgan fingerprint density at radius 1 is 1.35 bits per heavy atom. The van der Waals surface area contributed by atoms with Gasteiger partial charge in [-0.15, -0.1) is 21.8 Å². The van der Waals surface area contributed by atoms with Crippen LogP contribution in [0.1, 0.15) is 21.7 Å². The summed E-state index contributed by atoms with van der Waals surface area (Å²) < 4.78 is 5.86. The van der Waals surface area contributed by atoms with Gasteiger partial charge in [-0.25, -0.2) is 0 Å². The van der Waals surface area contributed by atoms with Crippen molar-refractivity contribution in [3.05, 3.63) is 39.8 Å². The minimum absolute atomic E-state index is 0.0222. The first-order valence-electron chi connectivity index (χ1n) is 5.49. The first-order valence-corrected chi connectivity index (χ1v) is 6.84. The number of para-hydroxylation sites is 1. The van der Waals surface area contributed by atoms with Crippen molar-refractivity contribution < 1.29 is 4.74 Å². The fourth-order valence-corrected chi connectivity index (χ4v) is 3.06. The van der Waals surface area contributed by atoms with Gasteiger partial charge >= 0.3 is 0 Å². The molecule has 3 nitrogen and oxygen atoms in total. The van der Waals surface area contributed by atoms with E-state index in [0.717, 1.165) is 28.6 Å². The fraction of sp³-hybridized carbons (Fsp3) is 0.333. The molecule has 1 aromatic carbocycles. The number of fused-ring (bicyclic) bond motifs is 1. The first-order chi connectivity index (χ1) is 8.36. The number of halogens is 1. The van der Waals surface area contributed by atoms with Crippen LogP contribution in [0.2, 0.25) is 0 Å². The molecule has 0 aliphatic carbocycles. The molecule has 0 spiro atoms. The third-order valence-corrected chi connectivity index (χ3v) is 3.98. The highest BCUT2D eigenvalue weighted by Gasteiger charge is 2.26. The van der Waals surface area contributed by atoms with Gasteiger partial charge in [-0.1, -0.05) is 29.5 Å². The SMILES string of the molecule is ClCCc1nnc(C2Cc3ccccc3O2)s1. The van der Waals surface area contributed by atoms with Gasteiger partial charge in [0.05, 0.1) is 0 Å². The maximum atomic E-state index is 5.86. The predicted octanol–water partition coefficient (Wildman–Crippen LogP) is 3.00. The van der Waals surface area contributed by atoms with Crippen molar-refractivity contribution in [3.8, 4) is 5.75 Å². The van der Waals surface area contributed by atoms with E-state index < -0.39 is 0 Å². The molecule has 1 aliphatic rings.